The van der Waals surface area contributed by atoms with E-state index in [9.17, 15) is 19.2 Å². The van der Waals surface area contributed by atoms with Crippen molar-refractivity contribution >= 4 is 29.1 Å². The van der Waals surface area contributed by atoms with E-state index in [0.717, 1.165) is 11.1 Å². The van der Waals surface area contributed by atoms with Gasteiger partial charge in [-0.15, -0.1) is 0 Å². The first kappa shape index (κ1) is 12.9. The Kier molecular flexibility index (Phi) is 2.86. The average molecular weight is 296 g/mol. The number of anilines is 1. The standard InChI is InChI=1S/C12H10ClN3O4/c13-5-1-2-6-7(3-5)11(19)16(10(6)18)8-4-14-12(20)15-9(8)17/h1,4,6-7H,2-3H2,(H2,14,15,17,20)/t6-,7+/m1/s1. The summed E-state index contributed by atoms with van der Waals surface area (Å²) in [7, 11) is 0. The van der Waals surface area contributed by atoms with Crippen LogP contribution in [0.3, 0.4) is 0 Å². The van der Waals surface area contributed by atoms with Crippen LogP contribution in [0.5, 0.6) is 0 Å². The zero-order valence-electron chi connectivity index (χ0n) is 10.2. The fourth-order valence-electron chi connectivity index (χ4n) is 2.63. The highest BCUT2D eigenvalue weighted by atomic mass is 35.5. The van der Waals surface area contributed by atoms with Crippen molar-refractivity contribution in [1.29, 1.82) is 0 Å². The number of nitrogens with zero attached hydrogens (tertiary/aromatic N) is 1. The molecule has 0 saturated carbocycles. The lowest BCUT2D eigenvalue weighted by Crippen LogP contribution is -2.37. The highest BCUT2D eigenvalue weighted by molar-refractivity contribution is 6.30. The zero-order valence-corrected chi connectivity index (χ0v) is 10.9. The number of carbonyl (C=O) groups is 2. The maximum Gasteiger partial charge on any atom is 0.325 e. The van der Waals surface area contributed by atoms with Gasteiger partial charge in [-0.25, -0.2) is 9.69 Å². The lowest BCUT2D eigenvalue weighted by molar-refractivity contribution is -0.122. The molecule has 8 heteroatoms. The van der Waals surface area contributed by atoms with E-state index in [1.807, 2.05) is 4.98 Å². The summed E-state index contributed by atoms with van der Waals surface area (Å²) in [6, 6.07) is 0. The minimum absolute atomic E-state index is 0.162. The van der Waals surface area contributed by atoms with Crippen LogP contribution in [0.2, 0.25) is 0 Å². The van der Waals surface area contributed by atoms with E-state index < -0.39 is 34.9 Å². The number of rotatable bonds is 1. The lowest BCUT2D eigenvalue weighted by atomic mass is 9.85. The van der Waals surface area contributed by atoms with Crippen LogP contribution in [0.15, 0.2) is 26.9 Å². The Morgan fingerprint density at radius 3 is 2.55 bits per heavy atom. The predicted molar refractivity (Wildman–Crippen MR) is 70.3 cm³/mol. The Morgan fingerprint density at radius 2 is 1.85 bits per heavy atom. The number of hydrogen-bond donors (Lipinski definition) is 2. The highest BCUT2D eigenvalue weighted by Crippen LogP contribution is 2.39. The maximum atomic E-state index is 12.3. The summed E-state index contributed by atoms with van der Waals surface area (Å²) in [5.41, 5.74) is -1.63. The molecule has 0 radical (unpaired) electrons. The third-order valence-electron chi connectivity index (χ3n) is 3.61. The van der Waals surface area contributed by atoms with Crippen LogP contribution in [0.25, 0.3) is 0 Å². The van der Waals surface area contributed by atoms with E-state index in [1.165, 1.54) is 0 Å². The van der Waals surface area contributed by atoms with Crippen molar-refractivity contribution in [2.75, 3.05) is 4.90 Å². The third kappa shape index (κ3) is 1.82. The molecule has 0 bridgehead atoms. The van der Waals surface area contributed by atoms with Crippen LogP contribution < -0.4 is 16.1 Å². The fraction of sp³-hybridized carbons (Fsp3) is 0.333. The van der Waals surface area contributed by atoms with Crippen molar-refractivity contribution in [2.24, 2.45) is 11.8 Å². The van der Waals surface area contributed by atoms with E-state index >= 15 is 0 Å². The molecule has 0 unspecified atom stereocenters. The van der Waals surface area contributed by atoms with Crippen molar-refractivity contribution < 1.29 is 9.59 Å². The summed E-state index contributed by atoms with van der Waals surface area (Å²) in [6.45, 7) is 0. The molecule has 2 atom stereocenters. The molecule has 104 valence electrons. The second-order valence-electron chi connectivity index (χ2n) is 4.77. The smallest absolute Gasteiger partial charge is 0.312 e. The first-order chi connectivity index (χ1) is 9.49. The van der Waals surface area contributed by atoms with Gasteiger partial charge in [-0.2, -0.15) is 0 Å². The van der Waals surface area contributed by atoms with E-state index in [-0.39, 0.29) is 5.69 Å². The molecule has 1 aromatic rings. The van der Waals surface area contributed by atoms with Crippen molar-refractivity contribution in [1.82, 2.24) is 9.97 Å². The summed E-state index contributed by atoms with van der Waals surface area (Å²) < 4.78 is 0. The summed E-state index contributed by atoms with van der Waals surface area (Å²) in [5.74, 6) is -1.91. The van der Waals surface area contributed by atoms with Crippen molar-refractivity contribution in [3.05, 3.63) is 38.1 Å². The Morgan fingerprint density at radius 1 is 1.15 bits per heavy atom. The highest BCUT2D eigenvalue weighted by Gasteiger charge is 2.49. The third-order valence-corrected chi connectivity index (χ3v) is 3.92. The predicted octanol–water partition coefficient (Wildman–Crippen LogP) is 0.0853. The van der Waals surface area contributed by atoms with Crippen molar-refractivity contribution in [3.8, 4) is 0 Å². The van der Waals surface area contributed by atoms with Gasteiger partial charge in [0.25, 0.3) is 5.56 Å². The van der Waals surface area contributed by atoms with Gasteiger partial charge >= 0.3 is 5.69 Å². The number of halogens is 1. The molecule has 0 aromatic carbocycles. The zero-order chi connectivity index (χ0) is 14.4. The molecule has 2 amide bonds. The van der Waals surface area contributed by atoms with Crippen LogP contribution in [-0.4, -0.2) is 21.8 Å². The van der Waals surface area contributed by atoms with E-state index in [1.54, 1.807) is 6.08 Å². The first-order valence-corrected chi connectivity index (χ1v) is 6.41. The van der Waals surface area contributed by atoms with Gasteiger partial charge in [0.15, 0.2) is 0 Å². The molecule has 1 aliphatic carbocycles. The van der Waals surface area contributed by atoms with Gasteiger partial charge in [-0.3, -0.25) is 19.4 Å². The number of imide groups is 1. The minimum atomic E-state index is -0.770. The number of nitrogens with one attached hydrogen (secondary N) is 2. The van der Waals surface area contributed by atoms with Crippen LogP contribution in [0, 0.1) is 11.8 Å². The van der Waals surface area contributed by atoms with Crippen LogP contribution in [-0.2, 0) is 9.59 Å². The summed E-state index contributed by atoms with van der Waals surface area (Å²) in [4.78, 5) is 52.4. The number of hydrogen-bond acceptors (Lipinski definition) is 4. The Bertz CT molecular complexity index is 748. The number of H-pyrrole nitrogens is 2. The van der Waals surface area contributed by atoms with E-state index in [4.69, 9.17) is 11.6 Å². The molecule has 1 saturated heterocycles. The molecule has 7 nitrogen and oxygen atoms in total. The quantitative estimate of drug-likeness (QED) is 0.716. The number of carbonyl (C=O) groups excluding carboxylic acids is 2. The second-order valence-corrected chi connectivity index (χ2v) is 5.26. The van der Waals surface area contributed by atoms with Gasteiger partial charge in [-0.05, 0) is 12.8 Å². The van der Waals surface area contributed by atoms with Gasteiger partial charge in [0, 0.05) is 11.2 Å². The average Bonchev–Trinajstić information content (AvgIpc) is 2.63. The summed E-state index contributed by atoms with van der Waals surface area (Å²) >= 11 is 5.91. The molecule has 1 aromatic heterocycles. The lowest BCUT2D eigenvalue weighted by Gasteiger charge is -2.17. The Labute approximate surface area is 117 Å². The largest absolute Gasteiger partial charge is 0.325 e. The molecule has 2 heterocycles. The molecule has 2 N–H and O–H groups in total. The van der Waals surface area contributed by atoms with E-state index in [0.29, 0.717) is 17.9 Å². The Hall–Kier alpha value is -2.15. The number of fused-ring (bicyclic) bond motifs is 1. The Balaban J connectivity index is 2.04. The number of amides is 2. The van der Waals surface area contributed by atoms with Crippen LogP contribution in [0.4, 0.5) is 5.69 Å². The molecule has 1 fully saturated rings. The number of aromatic nitrogens is 2. The topological polar surface area (TPSA) is 103 Å². The van der Waals surface area contributed by atoms with Gasteiger partial charge in [0.2, 0.25) is 11.8 Å². The SMILES string of the molecule is O=C1[C@H]2CC(Cl)=CC[C@H]2C(=O)N1c1c[nH]c(=O)[nH]c1=O. The normalized spacial score (nSPS) is 25.6. The van der Waals surface area contributed by atoms with E-state index in [2.05, 4.69) is 4.98 Å². The van der Waals surface area contributed by atoms with Crippen LogP contribution in [0.1, 0.15) is 12.8 Å². The monoisotopic (exact) mass is 295 g/mol. The molecule has 3 rings (SSSR count). The molecular weight excluding hydrogens is 286 g/mol. The number of aromatic amines is 2. The summed E-state index contributed by atoms with van der Waals surface area (Å²) in [6.07, 6.45) is 3.47. The molecule has 1 aliphatic heterocycles. The molecule has 20 heavy (non-hydrogen) atoms. The second kappa shape index (κ2) is 4.45. The van der Waals surface area contributed by atoms with Gasteiger partial charge in [-0.1, -0.05) is 17.7 Å². The van der Waals surface area contributed by atoms with Gasteiger partial charge in [0.1, 0.15) is 5.69 Å². The minimum Gasteiger partial charge on any atom is -0.312 e. The number of allylic oxidation sites excluding steroid dienone is 2. The van der Waals surface area contributed by atoms with Gasteiger partial charge < -0.3 is 4.98 Å². The van der Waals surface area contributed by atoms with Gasteiger partial charge in [0.05, 0.1) is 11.8 Å². The maximum absolute atomic E-state index is 12.3. The molecule has 2 aliphatic rings. The molecular formula is C12H10ClN3O4. The first-order valence-electron chi connectivity index (χ1n) is 6.03. The summed E-state index contributed by atoms with van der Waals surface area (Å²) in [5, 5.41) is 0.546. The fourth-order valence-corrected chi connectivity index (χ4v) is 2.89. The van der Waals surface area contributed by atoms with Crippen molar-refractivity contribution in [3.63, 3.8) is 0 Å². The van der Waals surface area contributed by atoms with Crippen molar-refractivity contribution in [2.45, 2.75) is 12.8 Å². The molecule has 0 spiro atoms. The van der Waals surface area contributed by atoms with Crippen LogP contribution >= 0.6 is 11.6 Å².